The highest BCUT2D eigenvalue weighted by Crippen LogP contribution is 2.19. The van der Waals surface area contributed by atoms with Crippen molar-refractivity contribution in [1.82, 2.24) is 9.88 Å². The van der Waals surface area contributed by atoms with Crippen LogP contribution in [0.4, 0.5) is 0 Å². The smallest absolute Gasteiger partial charge is 0.255 e. The molecule has 1 amide bonds. The second-order valence-electron chi connectivity index (χ2n) is 5.77. The Kier molecular flexibility index (Phi) is 4.80. The number of H-pyrrole nitrogens is 1. The second-order valence-corrected chi connectivity index (χ2v) is 5.77. The number of hydrogen-bond acceptors (Lipinski definition) is 4. The van der Waals surface area contributed by atoms with Crippen molar-refractivity contribution in [3.63, 3.8) is 0 Å². The summed E-state index contributed by atoms with van der Waals surface area (Å²) in [6, 6.07) is 2.94. The Balaban J connectivity index is 2.29. The molecule has 1 saturated heterocycles. The van der Waals surface area contributed by atoms with Crippen molar-refractivity contribution in [2.75, 3.05) is 19.7 Å². The number of nitrogens with one attached hydrogen (secondary N) is 1. The van der Waals surface area contributed by atoms with Crippen LogP contribution < -0.4 is 5.56 Å². The summed E-state index contributed by atoms with van der Waals surface area (Å²) in [7, 11) is 0. The molecule has 6 heteroatoms. The average Bonchev–Trinajstić information content (AvgIpc) is 2.45. The van der Waals surface area contributed by atoms with Crippen molar-refractivity contribution in [3.8, 4) is 0 Å². The van der Waals surface area contributed by atoms with E-state index in [2.05, 4.69) is 4.98 Å². The maximum Gasteiger partial charge on any atom is 0.255 e. The molecular formula is C15H22N2O4. The van der Waals surface area contributed by atoms with Crippen molar-refractivity contribution in [3.05, 3.63) is 33.7 Å². The van der Waals surface area contributed by atoms with Gasteiger partial charge >= 0.3 is 0 Å². The predicted molar refractivity (Wildman–Crippen MR) is 78.5 cm³/mol. The van der Waals surface area contributed by atoms with Crippen LogP contribution >= 0.6 is 0 Å². The standard InChI is InChI=1S/C15H22N2O4/c1-9(2)14-12(4-5-13(19)16-14)15(20)17-6-10(3)21-11(7-17)8-18/h4-5,9-11,18H,6-8H2,1-3H3,(H,16,19)/t10-,11+/m1/s1. The molecule has 0 spiro atoms. The second kappa shape index (κ2) is 6.41. The minimum absolute atomic E-state index is 0.0463. The highest BCUT2D eigenvalue weighted by molar-refractivity contribution is 5.95. The SMILES string of the molecule is CC(C)c1[nH]c(=O)ccc1C(=O)N1C[C@@H](CO)O[C@H](C)C1. The summed E-state index contributed by atoms with van der Waals surface area (Å²) in [4.78, 5) is 28.6. The maximum absolute atomic E-state index is 12.7. The van der Waals surface area contributed by atoms with Crippen LogP contribution in [-0.2, 0) is 4.74 Å². The molecule has 0 unspecified atom stereocenters. The summed E-state index contributed by atoms with van der Waals surface area (Å²) >= 11 is 0. The number of aromatic nitrogens is 1. The summed E-state index contributed by atoms with van der Waals surface area (Å²) < 4.78 is 5.55. The molecule has 2 atom stereocenters. The minimum atomic E-state index is -0.358. The van der Waals surface area contributed by atoms with E-state index in [-0.39, 0.29) is 36.2 Å². The fourth-order valence-corrected chi connectivity index (χ4v) is 2.61. The molecule has 0 aromatic carbocycles. The number of morpholine rings is 1. The fourth-order valence-electron chi connectivity index (χ4n) is 2.61. The van der Waals surface area contributed by atoms with Gasteiger partial charge in [0, 0.05) is 24.8 Å². The van der Waals surface area contributed by atoms with Crippen molar-refractivity contribution in [1.29, 1.82) is 0 Å². The van der Waals surface area contributed by atoms with Gasteiger partial charge in [0.1, 0.15) is 0 Å². The van der Waals surface area contributed by atoms with E-state index in [1.807, 2.05) is 20.8 Å². The van der Waals surface area contributed by atoms with Gasteiger partial charge in [0.15, 0.2) is 0 Å². The lowest BCUT2D eigenvalue weighted by Crippen LogP contribution is -2.50. The summed E-state index contributed by atoms with van der Waals surface area (Å²) in [5.41, 5.74) is 0.946. The van der Waals surface area contributed by atoms with Crippen LogP contribution in [-0.4, -0.2) is 52.8 Å². The van der Waals surface area contributed by atoms with Crippen molar-refractivity contribution < 1.29 is 14.6 Å². The molecular weight excluding hydrogens is 272 g/mol. The molecule has 1 aromatic rings. The van der Waals surface area contributed by atoms with E-state index in [0.29, 0.717) is 24.3 Å². The number of nitrogens with zero attached hydrogens (tertiary/aromatic N) is 1. The summed E-state index contributed by atoms with van der Waals surface area (Å²) in [6.07, 6.45) is -0.479. The van der Waals surface area contributed by atoms with Crippen LogP contribution in [0, 0.1) is 0 Å². The number of aromatic amines is 1. The maximum atomic E-state index is 12.7. The van der Waals surface area contributed by atoms with Crippen LogP contribution in [0.25, 0.3) is 0 Å². The molecule has 2 N–H and O–H groups in total. The lowest BCUT2D eigenvalue weighted by Gasteiger charge is -2.36. The van der Waals surface area contributed by atoms with Gasteiger partial charge in [0.25, 0.3) is 5.91 Å². The molecule has 1 aliphatic rings. The first-order chi connectivity index (χ1) is 9.92. The lowest BCUT2D eigenvalue weighted by molar-refractivity contribution is -0.0858. The van der Waals surface area contributed by atoms with E-state index in [1.165, 1.54) is 6.07 Å². The van der Waals surface area contributed by atoms with Crippen LogP contribution in [0.5, 0.6) is 0 Å². The van der Waals surface area contributed by atoms with E-state index in [4.69, 9.17) is 4.74 Å². The zero-order valence-electron chi connectivity index (χ0n) is 12.6. The van der Waals surface area contributed by atoms with Gasteiger partial charge in [-0.25, -0.2) is 0 Å². The van der Waals surface area contributed by atoms with Gasteiger partial charge in [-0.1, -0.05) is 13.8 Å². The molecule has 1 fully saturated rings. The molecule has 21 heavy (non-hydrogen) atoms. The first-order valence-electron chi connectivity index (χ1n) is 7.21. The molecule has 1 aliphatic heterocycles. The number of carbonyl (C=O) groups is 1. The fraction of sp³-hybridized carbons (Fsp3) is 0.600. The van der Waals surface area contributed by atoms with Crippen molar-refractivity contribution in [2.45, 2.75) is 38.9 Å². The molecule has 116 valence electrons. The van der Waals surface area contributed by atoms with E-state index in [9.17, 15) is 14.7 Å². The normalized spacial score (nSPS) is 22.6. The number of pyridine rings is 1. The number of amides is 1. The van der Waals surface area contributed by atoms with Crippen molar-refractivity contribution in [2.24, 2.45) is 0 Å². The predicted octanol–water partition coefficient (Wildman–Crippen LogP) is 0.720. The molecule has 2 rings (SSSR count). The van der Waals surface area contributed by atoms with Gasteiger partial charge in [-0.2, -0.15) is 0 Å². The Bertz CT molecular complexity index is 567. The highest BCUT2D eigenvalue weighted by atomic mass is 16.5. The number of carbonyl (C=O) groups excluding carboxylic acids is 1. The van der Waals surface area contributed by atoms with Crippen LogP contribution in [0.15, 0.2) is 16.9 Å². The van der Waals surface area contributed by atoms with E-state index in [0.717, 1.165) is 0 Å². The van der Waals surface area contributed by atoms with E-state index < -0.39 is 0 Å². The topological polar surface area (TPSA) is 82.6 Å². The Morgan fingerprint density at radius 3 is 2.81 bits per heavy atom. The quantitative estimate of drug-likeness (QED) is 0.860. The third-order valence-corrected chi connectivity index (χ3v) is 3.57. The summed E-state index contributed by atoms with van der Waals surface area (Å²) in [5, 5.41) is 9.25. The molecule has 2 heterocycles. The highest BCUT2D eigenvalue weighted by Gasteiger charge is 2.30. The van der Waals surface area contributed by atoms with Gasteiger partial charge in [-0.15, -0.1) is 0 Å². The third kappa shape index (κ3) is 3.51. The van der Waals surface area contributed by atoms with Gasteiger partial charge in [0.05, 0.1) is 24.4 Å². The molecule has 0 radical (unpaired) electrons. The van der Waals surface area contributed by atoms with Gasteiger partial charge in [0.2, 0.25) is 5.56 Å². The third-order valence-electron chi connectivity index (χ3n) is 3.57. The zero-order chi connectivity index (χ0) is 15.6. The number of aliphatic hydroxyl groups is 1. The average molecular weight is 294 g/mol. The Labute approximate surface area is 123 Å². The number of ether oxygens (including phenoxy) is 1. The molecule has 0 saturated carbocycles. The molecule has 0 aliphatic carbocycles. The Morgan fingerprint density at radius 2 is 2.19 bits per heavy atom. The zero-order valence-corrected chi connectivity index (χ0v) is 12.6. The largest absolute Gasteiger partial charge is 0.394 e. The van der Waals surface area contributed by atoms with Gasteiger partial charge in [-0.05, 0) is 18.9 Å². The Morgan fingerprint density at radius 1 is 1.48 bits per heavy atom. The summed E-state index contributed by atoms with van der Waals surface area (Å²) in [5.74, 6) is -0.0893. The molecule has 6 nitrogen and oxygen atoms in total. The lowest BCUT2D eigenvalue weighted by atomic mass is 10.0. The van der Waals surface area contributed by atoms with Gasteiger partial charge in [-0.3, -0.25) is 9.59 Å². The number of aliphatic hydroxyl groups excluding tert-OH is 1. The molecule has 1 aromatic heterocycles. The van der Waals surface area contributed by atoms with Crippen molar-refractivity contribution >= 4 is 5.91 Å². The Hall–Kier alpha value is -1.66. The monoisotopic (exact) mass is 294 g/mol. The van der Waals surface area contributed by atoms with Crippen LogP contribution in [0.3, 0.4) is 0 Å². The van der Waals surface area contributed by atoms with E-state index >= 15 is 0 Å². The summed E-state index contributed by atoms with van der Waals surface area (Å²) in [6.45, 7) is 6.46. The van der Waals surface area contributed by atoms with E-state index in [1.54, 1.807) is 11.0 Å². The minimum Gasteiger partial charge on any atom is -0.394 e. The molecule has 0 bridgehead atoms. The first-order valence-corrected chi connectivity index (χ1v) is 7.21. The van der Waals surface area contributed by atoms with Gasteiger partial charge < -0.3 is 19.7 Å². The van der Waals surface area contributed by atoms with Crippen LogP contribution in [0.1, 0.15) is 42.7 Å². The number of hydrogen-bond donors (Lipinski definition) is 2. The number of rotatable bonds is 3. The first kappa shape index (κ1) is 15.7. The van der Waals surface area contributed by atoms with Crippen LogP contribution in [0.2, 0.25) is 0 Å².